The summed E-state index contributed by atoms with van der Waals surface area (Å²) in [7, 11) is 0. The van der Waals surface area contributed by atoms with E-state index < -0.39 is 0 Å². The third-order valence-electron chi connectivity index (χ3n) is 3.71. The number of nitrogens with zero attached hydrogens (tertiary/aromatic N) is 1. The van der Waals surface area contributed by atoms with E-state index in [0.29, 0.717) is 16.3 Å². The SMILES string of the molecule is CC(=O)Nc1ccc(N2C(=O)S/C(=C\c3ccccc3C)C2=O)cc1. The van der Waals surface area contributed by atoms with E-state index in [0.717, 1.165) is 27.8 Å². The van der Waals surface area contributed by atoms with Crippen LogP contribution in [0.4, 0.5) is 16.2 Å². The molecule has 0 aliphatic carbocycles. The Morgan fingerprint density at radius 1 is 1.08 bits per heavy atom. The van der Waals surface area contributed by atoms with Crippen LogP contribution in [-0.2, 0) is 9.59 Å². The second-order valence-electron chi connectivity index (χ2n) is 5.60. The molecule has 0 spiro atoms. The second kappa shape index (κ2) is 6.94. The number of carbonyl (C=O) groups is 3. The van der Waals surface area contributed by atoms with Crippen molar-refractivity contribution >= 4 is 46.3 Å². The maximum atomic E-state index is 12.6. The summed E-state index contributed by atoms with van der Waals surface area (Å²) in [6.45, 7) is 3.37. The lowest BCUT2D eigenvalue weighted by molar-refractivity contribution is -0.114. The van der Waals surface area contributed by atoms with Crippen LogP contribution < -0.4 is 10.2 Å². The molecular formula is C19H16N2O3S. The van der Waals surface area contributed by atoms with E-state index in [1.165, 1.54) is 6.92 Å². The summed E-state index contributed by atoms with van der Waals surface area (Å²) >= 11 is 0.924. The predicted molar refractivity (Wildman–Crippen MR) is 100 cm³/mol. The van der Waals surface area contributed by atoms with Crippen molar-refractivity contribution in [3.63, 3.8) is 0 Å². The molecule has 2 aromatic carbocycles. The van der Waals surface area contributed by atoms with Crippen LogP contribution in [0, 0.1) is 6.92 Å². The lowest BCUT2D eigenvalue weighted by Crippen LogP contribution is -2.27. The number of carbonyl (C=O) groups excluding carboxylic acids is 3. The quantitative estimate of drug-likeness (QED) is 0.841. The highest BCUT2D eigenvalue weighted by atomic mass is 32.2. The normalized spacial score (nSPS) is 15.8. The number of anilines is 2. The van der Waals surface area contributed by atoms with Crippen molar-refractivity contribution in [1.82, 2.24) is 0 Å². The van der Waals surface area contributed by atoms with Gasteiger partial charge in [-0.15, -0.1) is 0 Å². The highest BCUT2D eigenvalue weighted by molar-refractivity contribution is 8.19. The first kappa shape index (κ1) is 17.0. The van der Waals surface area contributed by atoms with Gasteiger partial charge in [0.15, 0.2) is 0 Å². The van der Waals surface area contributed by atoms with E-state index in [2.05, 4.69) is 5.32 Å². The minimum absolute atomic E-state index is 0.180. The molecule has 0 unspecified atom stereocenters. The van der Waals surface area contributed by atoms with Gasteiger partial charge in [-0.2, -0.15) is 0 Å². The molecule has 1 heterocycles. The molecule has 1 aliphatic heterocycles. The van der Waals surface area contributed by atoms with Gasteiger partial charge in [0, 0.05) is 12.6 Å². The van der Waals surface area contributed by atoms with Crippen LogP contribution >= 0.6 is 11.8 Å². The molecule has 126 valence electrons. The van der Waals surface area contributed by atoms with Gasteiger partial charge in [-0.25, -0.2) is 4.90 Å². The highest BCUT2D eigenvalue weighted by Gasteiger charge is 2.36. The van der Waals surface area contributed by atoms with Crippen LogP contribution in [0.15, 0.2) is 53.4 Å². The lowest BCUT2D eigenvalue weighted by Gasteiger charge is -2.13. The molecule has 0 saturated carbocycles. The minimum atomic E-state index is -0.342. The Hall–Kier alpha value is -2.86. The number of amides is 3. The maximum absolute atomic E-state index is 12.6. The molecule has 1 fully saturated rings. The summed E-state index contributed by atoms with van der Waals surface area (Å²) in [6.07, 6.45) is 1.74. The Bertz CT molecular complexity index is 888. The van der Waals surface area contributed by atoms with Crippen molar-refractivity contribution in [3.05, 3.63) is 64.6 Å². The predicted octanol–water partition coefficient (Wildman–Crippen LogP) is 4.19. The third kappa shape index (κ3) is 3.64. The number of hydrogen-bond acceptors (Lipinski definition) is 4. The lowest BCUT2D eigenvalue weighted by atomic mass is 10.1. The van der Waals surface area contributed by atoms with E-state index >= 15 is 0 Å². The van der Waals surface area contributed by atoms with Crippen molar-refractivity contribution in [2.45, 2.75) is 13.8 Å². The number of nitrogens with one attached hydrogen (secondary N) is 1. The first-order valence-electron chi connectivity index (χ1n) is 7.67. The molecule has 2 aromatic rings. The van der Waals surface area contributed by atoms with Crippen molar-refractivity contribution in [2.24, 2.45) is 0 Å². The topological polar surface area (TPSA) is 66.5 Å². The Kier molecular flexibility index (Phi) is 4.72. The van der Waals surface area contributed by atoms with Gasteiger partial charge in [-0.3, -0.25) is 14.4 Å². The van der Waals surface area contributed by atoms with E-state index in [9.17, 15) is 14.4 Å². The molecular weight excluding hydrogens is 336 g/mol. The van der Waals surface area contributed by atoms with Crippen molar-refractivity contribution < 1.29 is 14.4 Å². The molecule has 0 radical (unpaired) electrons. The monoisotopic (exact) mass is 352 g/mol. The Morgan fingerprint density at radius 3 is 2.40 bits per heavy atom. The van der Waals surface area contributed by atoms with Gasteiger partial charge >= 0.3 is 0 Å². The summed E-state index contributed by atoms with van der Waals surface area (Å²) in [5.41, 5.74) is 3.03. The molecule has 1 aliphatic rings. The molecule has 0 bridgehead atoms. The number of benzene rings is 2. The molecule has 25 heavy (non-hydrogen) atoms. The van der Waals surface area contributed by atoms with Crippen molar-refractivity contribution in [2.75, 3.05) is 10.2 Å². The van der Waals surface area contributed by atoms with E-state index in [1.807, 2.05) is 31.2 Å². The summed E-state index contributed by atoms with van der Waals surface area (Å²) in [5, 5.41) is 2.31. The van der Waals surface area contributed by atoms with Crippen molar-refractivity contribution in [1.29, 1.82) is 0 Å². The molecule has 5 nitrogen and oxygen atoms in total. The molecule has 3 amide bonds. The number of thioether (sulfide) groups is 1. The zero-order valence-corrected chi connectivity index (χ0v) is 14.6. The van der Waals surface area contributed by atoms with Crippen LogP contribution in [0.25, 0.3) is 6.08 Å². The van der Waals surface area contributed by atoms with Gasteiger partial charge in [0.05, 0.1) is 10.6 Å². The molecule has 1 N–H and O–H groups in total. The first-order chi connectivity index (χ1) is 12.0. The summed E-state index contributed by atoms with van der Waals surface area (Å²) in [5.74, 6) is -0.523. The maximum Gasteiger partial charge on any atom is 0.298 e. The van der Waals surface area contributed by atoms with E-state index in [-0.39, 0.29) is 17.1 Å². The fraction of sp³-hybridized carbons (Fsp3) is 0.105. The van der Waals surface area contributed by atoms with Crippen LogP contribution in [0.2, 0.25) is 0 Å². The van der Waals surface area contributed by atoms with Crippen molar-refractivity contribution in [3.8, 4) is 0 Å². The molecule has 1 saturated heterocycles. The van der Waals surface area contributed by atoms with E-state index in [4.69, 9.17) is 0 Å². The van der Waals surface area contributed by atoms with Gasteiger partial charge in [-0.05, 0) is 60.2 Å². The average molecular weight is 352 g/mol. The zero-order valence-electron chi connectivity index (χ0n) is 13.8. The number of imide groups is 1. The highest BCUT2D eigenvalue weighted by Crippen LogP contribution is 2.36. The largest absolute Gasteiger partial charge is 0.326 e. The fourth-order valence-electron chi connectivity index (χ4n) is 2.48. The van der Waals surface area contributed by atoms with Gasteiger partial charge in [0.1, 0.15) is 0 Å². The smallest absolute Gasteiger partial charge is 0.298 e. The summed E-state index contributed by atoms with van der Waals surface area (Å²) in [6, 6.07) is 14.3. The van der Waals surface area contributed by atoms with E-state index in [1.54, 1.807) is 30.3 Å². The summed E-state index contributed by atoms with van der Waals surface area (Å²) < 4.78 is 0. The molecule has 6 heteroatoms. The van der Waals surface area contributed by atoms with Gasteiger partial charge < -0.3 is 5.32 Å². The standard InChI is InChI=1S/C19H16N2O3S/c1-12-5-3-4-6-14(12)11-17-18(23)21(19(24)25-17)16-9-7-15(8-10-16)20-13(2)22/h3-11H,1-2H3,(H,20,22)/b17-11-. The minimum Gasteiger partial charge on any atom is -0.326 e. The molecule has 3 rings (SSSR count). The second-order valence-corrected chi connectivity index (χ2v) is 6.59. The first-order valence-corrected chi connectivity index (χ1v) is 8.48. The summed E-state index contributed by atoms with van der Waals surface area (Å²) in [4.78, 5) is 37.5. The Labute approximate surface area is 149 Å². The Balaban J connectivity index is 1.87. The van der Waals surface area contributed by atoms with Crippen LogP contribution in [-0.4, -0.2) is 17.1 Å². The zero-order chi connectivity index (χ0) is 18.0. The third-order valence-corrected chi connectivity index (χ3v) is 4.58. The van der Waals surface area contributed by atoms with Crippen LogP contribution in [0.3, 0.4) is 0 Å². The fourth-order valence-corrected chi connectivity index (χ4v) is 3.31. The Morgan fingerprint density at radius 2 is 1.76 bits per heavy atom. The van der Waals surface area contributed by atoms with Crippen LogP contribution in [0.1, 0.15) is 18.1 Å². The molecule has 0 atom stereocenters. The van der Waals surface area contributed by atoms with Crippen LogP contribution in [0.5, 0.6) is 0 Å². The number of rotatable bonds is 3. The number of aryl methyl sites for hydroxylation is 1. The number of hydrogen-bond donors (Lipinski definition) is 1. The average Bonchev–Trinajstić information content (AvgIpc) is 2.84. The van der Waals surface area contributed by atoms with Gasteiger partial charge in [-0.1, -0.05) is 24.3 Å². The van der Waals surface area contributed by atoms with Gasteiger partial charge in [0.25, 0.3) is 11.1 Å². The van der Waals surface area contributed by atoms with Gasteiger partial charge in [0.2, 0.25) is 5.91 Å². The molecule has 0 aromatic heterocycles.